The first-order valence-electron chi connectivity index (χ1n) is 11.1. The van der Waals surface area contributed by atoms with E-state index in [2.05, 4.69) is 15.8 Å². The molecule has 0 radical (unpaired) electrons. The number of esters is 1. The van der Waals surface area contributed by atoms with Crippen molar-refractivity contribution in [1.82, 2.24) is 15.8 Å². The number of halogens is 1. The number of rotatable bonds is 8. The number of alkyl halides is 1. The summed E-state index contributed by atoms with van der Waals surface area (Å²) in [6, 6.07) is 8.14. The molecule has 2 heterocycles. The second-order valence-corrected chi connectivity index (χ2v) is 9.51. The van der Waals surface area contributed by atoms with Crippen molar-refractivity contribution in [2.75, 3.05) is 6.67 Å². The van der Waals surface area contributed by atoms with E-state index in [0.717, 1.165) is 10.8 Å². The lowest BCUT2D eigenvalue weighted by atomic mass is 9.87. The van der Waals surface area contributed by atoms with Gasteiger partial charge >= 0.3 is 5.97 Å². The molecule has 2 aromatic rings. The number of ketones is 1. The van der Waals surface area contributed by atoms with Crippen LogP contribution in [0.2, 0.25) is 0 Å². The second kappa shape index (κ2) is 9.89. The Kier molecular flexibility index (Phi) is 7.35. The number of Topliss-reactive ketones (excluding diaryl/α,β-unsaturated/α-hetero) is 1. The van der Waals surface area contributed by atoms with Gasteiger partial charge in [0.1, 0.15) is 18.3 Å². The third-order valence-electron chi connectivity index (χ3n) is 5.45. The molecule has 1 unspecified atom stereocenters. The predicted molar refractivity (Wildman–Crippen MR) is 125 cm³/mol. The lowest BCUT2D eigenvalue weighted by Gasteiger charge is -2.30. The Balaban J connectivity index is 1.90. The van der Waals surface area contributed by atoms with Crippen molar-refractivity contribution in [2.45, 2.75) is 58.3 Å². The number of ether oxygens (including phenoxy) is 1. The molecule has 1 aromatic carbocycles. The standard InChI is InChI=1S/C25H30FN3O5/c1-15(2)25(23(32)28-18(20(30)14-26)12-21(31)33-24(3,4)5)13-19(29-34-25)22-17-9-7-6-8-16(17)10-11-27-22/h6-11,13,15,18,29H,12,14H2,1-5H3,(H,28,32)/t18?,25-/m1/s1. The average molecular weight is 472 g/mol. The van der Waals surface area contributed by atoms with E-state index >= 15 is 0 Å². The predicted octanol–water partition coefficient (Wildman–Crippen LogP) is 3.26. The van der Waals surface area contributed by atoms with Crippen LogP contribution in [0.1, 0.15) is 46.7 Å². The summed E-state index contributed by atoms with van der Waals surface area (Å²) in [4.78, 5) is 48.0. The number of nitrogens with zero attached hydrogens (tertiary/aromatic N) is 1. The van der Waals surface area contributed by atoms with Crippen LogP contribution in [0.5, 0.6) is 0 Å². The highest BCUT2D eigenvalue weighted by atomic mass is 19.1. The number of carbonyl (C=O) groups excluding carboxylic acids is 3. The number of benzene rings is 1. The van der Waals surface area contributed by atoms with Crippen LogP contribution in [0.25, 0.3) is 16.5 Å². The van der Waals surface area contributed by atoms with Gasteiger partial charge in [-0.1, -0.05) is 38.1 Å². The van der Waals surface area contributed by atoms with Crippen molar-refractivity contribution in [3.05, 3.63) is 48.3 Å². The maximum Gasteiger partial charge on any atom is 0.308 e. The quantitative estimate of drug-likeness (QED) is 0.569. The van der Waals surface area contributed by atoms with Gasteiger partial charge in [-0.25, -0.2) is 4.39 Å². The molecule has 1 aliphatic heterocycles. The fourth-order valence-electron chi connectivity index (χ4n) is 3.68. The number of amides is 1. The van der Waals surface area contributed by atoms with Crippen LogP contribution >= 0.6 is 0 Å². The monoisotopic (exact) mass is 471 g/mol. The summed E-state index contributed by atoms with van der Waals surface area (Å²) < 4.78 is 18.5. The molecule has 34 heavy (non-hydrogen) atoms. The normalized spacial score (nSPS) is 18.9. The molecule has 0 spiro atoms. The average Bonchev–Trinajstić information content (AvgIpc) is 3.23. The smallest absolute Gasteiger partial charge is 0.308 e. The molecule has 1 aliphatic rings. The van der Waals surface area contributed by atoms with Crippen molar-refractivity contribution < 1.29 is 28.3 Å². The van der Waals surface area contributed by atoms with E-state index in [9.17, 15) is 18.8 Å². The van der Waals surface area contributed by atoms with E-state index in [1.807, 2.05) is 30.3 Å². The van der Waals surface area contributed by atoms with Crippen LogP contribution in [0, 0.1) is 5.92 Å². The minimum atomic E-state index is -1.52. The largest absolute Gasteiger partial charge is 0.460 e. The summed E-state index contributed by atoms with van der Waals surface area (Å²) in [5, 5.41) is 4.33. The number of pyridine rings is 1. The first-order valence-corrected chi connectivity index (χ1v) is 11.1. The number of fused-ring (bicyclic) bond motifs is 1. The summed E-state index contributed by atoms with van der Waals surface area (Å²) >= 11 is 0. The van der Waals surface area contributed by atoms with Crippen LogP contribution < -0.4 is 10.8 Å². The van der Waals surface area contributed by atoms with Crippen LogP contribution in [0.3, 0.4) is 0 Å². The number of carbonyl (C=O) groups is 3. The van der Waals surface area contributed by atoms with Gasteiger partial charge in [0.25, 0.3) is 5.91 Å². The van der Waals surface area contributed by atoms with Crippen molar-refractivity contribution in [2.24, 2.45) is 5.92 Å². The van der Waals surface area contributed by atoms with E-state index in [1.165, 1.54) is 0 Å². The van der Waals surface area contributed by atoms with Crippen LogP contribution in [0.15, 0.2) is 42.6 Å². The van der Waals surface area contributed by atoms with Crippen molar-refractivity contribution in [3.63, 3.8) is 0 Å². The lowest BCUT2D eigenvalue weighted by Crippen LogP contribution is -2.55. The molecule has 0 saturated carbocycles. The molecule has 0 aliphatic carbocycles. The van der Waals surface area contributed by atoms with Gasteiger partial charge < -0.3 is 10.1 Å². The Bertz CT molecular complexity index is 1120. The summed E-state index contributed by atoms with van der Waals surface area (Å²) in [5.41, 5.74) is 1.57. The molecule has 1 aromatic heterocycles. The maximum absolute atomic E-state index is 13.4. The van der Waals surface area contributed by atoms with Crippen LogP contribution in [-0.2, 0) is 24.0 Å². The molecule has 0 bridgehead atoms. The molecule has 8 nitrogen and oxygen atoms in total. The van der Waals surface area contributed by atoms with Crippen LogP contribution in [0.4, 0.5) is 4.39 Å². The first-order chi connectivity index (χ1) is 16.0. The fourth-order valence-corrected chi connectivity index (χ4v) is 3.68. The van der Waals surface area contributed by atoms with Gasteiger partial charge in [-0.15, -0.1) is 0 Å². The zero-order chi connectivity index (χ0) is 25.1. The Hall–Kier alpha value is -3.33. The maximum atomic E-state index is 13.4. The van der Waals surface area contributed by atoms with E-state index in [0.29, 0.717) is 11.4 Å². The van der Waals surface area contributed by atoms with Gasteiger partial charge in [-0.3, -0.25) is 29.7 Å². The van der Waals surface area contributed by atoms with E-state index in [1.54, 1.807) is 46.9 Å². The topological polar surface area (TPSA) is 107 Å². The van der Waals surface area contributed by atoms with Gasteiger partial charge in [0.15, 0.2) is 11.4 Å². The molecule has 1 amide bonds. The number of hydroxylamine groups is 1. The van der Waals surface area contributed by atoms with E-state index < -0.39 is 48.0 Å². The van der Waals surface area contributed by atoms with Crippen molar-refractivity contribution >= 4 is 34.1 Å². The third-order valence-corrected chi connectivity index (χ3v) is 5.45. The van der Waals surface area contributed by atoms with Crippen molar-refractivity contribution in [3.8, 4) is 0 Å². The molecule has 0 fully saturated rings. The van der Waals surface area contributed by atoms with Gasteiger partial charge in [0.05, 0.1) is 17.8 Å². The Labute approximate surface area is 197 Å². The third kappa shape index (κ3) is 5.41. The Morgan fingerprint density at radius 3 is 2.56 bits per heavy atom. The van der Waals surface area contributed by atoms with Gasteiger partial charge in [0.2, 0.25) is 0 Å². The molecular formula is C25H30FN3O5. The number of hydrogen-bond acceptors (Lipinski definition) is 7. The van der Waals surface area contributed by atoms with Gasteiger partial charge in [-0.2, -0.15) is 0 Å². The highest BCUT2D eigenvalue weighted by molar-refractivity contribution is 5.98. The fraction of sp³-hybridized carbons (Fsp3) is 0.440. The van der Waals surface area contributed by atoms with Crippen LogP contribution in [-0.4, -0.2) is 46.6 Å². The highest BCUT2D eigenvalue weighted by Crippen LogP contribution is 2.34. The first kappa shape index (κ1) is 25.3. The zero-order valence-electron chi connectivity index (χ0n) is 20.0. The molecule has 182 valence electrons. The lowest BCUT2D eigenvalue weighted by molar-refractivity contribution is -0.158. The molecular weight excluding hydrogens is 441 g/mol. The Morgan fingerprint density at radius 2 is 1.91 bits per heavy atom. The Morgan fingerprint density at radius 1 is 1.21 bits per heavy atom. The minimum Gasteiger partial charge on any atom is -0.460 e. The minimum absolute atomic E-state index is 0.380. The highest BCUT2D eigenvalue weighted by Gasteiger charge is 2.47. The van der Waals surface area contributed by atoms with E-state index in [-0.39, 0.29) is 5.92 Å². The second-order valence-electron chi connectivity index (χ2n) is 9.51. The van der Waals surface area contributed by atoms with Crippen molar-refractivity contribution in [1.29, 1.82) is 0 Å². The number of nitrogens with one attached hydrogen (secondary N) is 2. The molecule has 2 atom stereocenters. The number of aromatic nitrogens is 1. The van der Waals surface area contributed by atoms with Gasteiger partial charge in [0, 0.05) is 11.6 Å². The molecule has 3 rings (SSSR count). The zero-order valence-corrected chi connectivity index (χ0v) is 20.0. The molecule has 0 saturated heterocycles. The molecule has 2 N–H and O–H groups in total. The molecule has 9 heteroatoms. The number of hydrogen-bond donors (Lipinski definition) is 2. The summed E-state index contributed by atoms with van der Waals surface area (Å²) in [5.74, 6) is -2.71. The SMILES string of the molecule is CC(C)[C@@]1(C(=O)NC(CC(=O)OC(C)(C)C)C(=O)CF)C=C(c2nccc3ccccc23)NO1. The van der Waals surface area contributed by atoms with E-state index in [4.69, 9.17) is 9.57 Å². The summed E-state index contributed by atoms with van der Waals surface area (Å²) in [7, 11) is 0. The summed E-state index contributed by atoms with van der Waals surface area (Å²) in [6.45, 7) is 7.25. The van der Waals surface area contributed by atoms with Gasteiger partial charge in [-0.05, 0) is 44.2 Å². The summed E-state index contributed by atoms with van der Waals surface area (Å²) in [6.07, 6.45) is 2.77.